The molecular formula is C6H7N5O2S. The summed E-state index contributed by atoms with van der Waals surface area (Å²) >= 11 is 0.692. The number of nitrogens with zero attached hydrogens (tertiary/aromatic N) is 2. The Morgan fingerprint density at radius 1 is 1.36 bits per heavy atom. The summed E-state index contributed by atoms with van der Waals surface area (Å²) in [6.07, 6.45) is 2.70. The SMILES string of the molecule is NC(=O)NSNC(=O)c1ccnnc1. The smallest absolute Gasteiger partial charge is 0.323 e. The summed E-state index contributed by atoms with van der Waals surface area (Å²) in [6.45, 7) is 0. The number of nitrogens with one attached hydrogen (secondary N) is 2. The van der Waals surface area contributed by atoms with Gasteiger partial charge in [-0.05, 0) is 6.07 Å². The number of amides is 3. The van der Waals surface area contributed by atoms with Crippen LogP contribution < -0.4 is 15.2 Å². The van der Waals surface area contributed by atoms with Gasteiger partial charge in [0.25, 0.3) is 5.91 Å². The second kappa shape index (κ2) is 5.02. The number of urea groups is 1. The zero-order valence-electron chi connectivity index (χ0n) is 6.93. The van der Waals surface area contributed by atoms with Crippen molar-refractivity contribution in [2.24, 2.45) is 5.73 Å². The summed E-state index contributed by atoms with van der Waals surface area (Å²) in [4.78, 5) is 21.5. The third kappa shape index (κ3) is 3.27. The van der Waals surface area contributed by atoms with Crippen LogP contribution in [-0.4, -0.2) is 22.1 Å². The van der Waals surface area contributed by atoms with Gasteiger partial charge in [0.2, 0.25) is 0 Å². The summed E-state index contributed by atoms with van der Waals surface area (Å²) < 4.78 is 4.46. The minimum Gasteiger partial charge on any atom is -0.351 e. The summed E-state index contributed by atoms with van der Waals surface area (Å²) in [5.74, 6) is -0.390. The molecule has 0 spiro atoms. The van der Waals surface area contributed by atoms with Crippen molar-refractivity contribution in [3.63, 3.8) is 0 Å². The predicted octanol–water partition coefficient (Wildman–Crippen LogP) is -0.562. The molecule has 3 amide bonds. The number of nitrogens with two attached hydrogens (primary N) is 1. The average Bonchev–Trinajstić information content (AvgIpc) is 2.18. The molecule has 1 heterocycles. The first-order valence-electron chi connectivity index (χ1n) is 3.48. The average molecular weight is 213 g/mol. The molecule has 0 aliphatic carbocycles. The van der Waals surface area contributed by atoms with Crippen LogP contribution in [0.5, 0.6) is 0 Å². The van der Waals surface area contributed by atoms with E-state index in [1.54, 1.807) is 0 Å². The fourth-order valence-corrected chi connectivity index (χ4v) is 0.968. The van der Waals surface area contributed by atoms with Gasteiger partial charge in [-0.1, -0.05) is 0 Å². The molecule has 1 aromatic rings. The van der Waals surface area contributed by atoms with Crippen molar-refractivity contribution >= 4 is 24.1 Å². The van der Waals surface area contributed by atoms with Crippen LogP contribution in [0.4, 0.5) is 4.79 Å². The summed E-state index contributed by atoms with van der Waals surface area (Å²) in [6, 6.07) is 0.760. The van der Waals surface area contributed by atoms with E-state index in [2.05, 4.69) is 19.6 Å². The van der Waals surface area contributed by atoms with Gasteiger partial charge < -0.3 is 5.73 Å². The van der Waals surface area contributed by atoms with Crippen molar-refractivity contribution in [2.45, 2.75) is 0 Å². The maximum absolute atomic E-state index is 11.2. The van der Waals surface area contributed by atoms with Crippen LogP contribution in [0.3, 0.4) is 0 Å². The number of primary amides is 1. The van der Waals surface area contributed by atoms with Crippen LogP contribution in [0.1, 0.15) is 10.4 Å². The number of carbonyl (C=O) groups is 2. The van der Waals surface area contributed by atoms with Crippen LogP contribution >= 0.6 is 12.1 Å². The van der Waals surface area contributed by atoms with Crippen molar-refractivity contribution in [3.05, 3.63) is 24.0 Å². The topological polar surface area (TPSA) is 110 Å². The van der Waals surface area contributed by atoms with Crippen LogP contribution in [0.25, 0.3) is 0 Å². The second-order valence-electron chi connectivity index (χ2n) is 2.13. The van der Waals surface area contributed by atoms with E-state index < -0.39 is 11.9 Å². The normalized spacial score (nSPS) is 9.14. The Morgan fingerprint density at radius 2 is 2.14 bits per heavy atom. The van der Waals surface area contributed by atoms with Gasteiger partial charge in [0.1, 0.15) is 0 Å². The largest absolute Gasteiger partial charge is 0.351 e. The highest BCUT2D eigenvalue weighted by molar-refractivity contribution is 7.96. The standard InChI is InChI=1S/C6H7N5O2S/c7-6(13)11-14-10-5(12)4-1-2-8-9-3-4/h1-3H,(H,10,12)(H3,7,11,13). The number of aromatic nitrogens is 2. The van der Waals surface area contributed by atoms with Crippen LogP contribution in [0.15, 0.2) is 18.5 Å². The van der Waals surface area contributed by atoms with Gasteiger partial charge in [0.15, 0.2) is 0 Å². The molecule has 0 bridgehead atoms. The summed E-state index contributed by atoms with van der Waals surface area (Å²) in [5.41, 5.74) is 5.12. The lowest BCUT2D eigenvalue weighted by Crippen LogP contribution is -2.29. The molecule has 0 unspecified atom stereocenters. The Hall–Kier alpha value is -1.83. The fourth-order valence-electron chi connectivity index (χ4n) is 0.606. The van der Waals surface area contributed by atoms with E-state index in [4.69, 9.17) is 5.73 Å². The van der Waals surface area contributed by atoms with Gasteiger partial charge in [-0.3, -0.25) is 14.2 Å². The molecule has 14 heavy (non-hydrogen) atoms. The monoisotopic (exact) mass is 213 g/mol. The van der Waals surface area contributed by atoms with Crippen molar-refractivity contribution in [1.29, 1.82) is 0 Å². The Labute approximate surface area is 83.7 Å². The zero-order valence-corrected chi connectivity index (χ0v) is 7.75. The van der Waals surface area contributed by atoms with Crippen molar-refractivity contribution < 1.29 is 9.59 Å². The van der Waals surface area contributed by atoms with Gasteiger partial charge in [-0.2, -0.15) is 10.2 Å². The molecule has 0 atom stereocenters. The molecule has 8 heteroatoms. The molecule has 1 aromatic heterocycles. The number of hydrogen-bond acceptors (Lipinski definition) is 5. The highest BCUT2D eigenvalue weighted by Crippen LogP contribution is 1.96. The zero-order chi connectivity index (χ0) is 10.4. The van der Waals surface area contributed by atoms with Gasteiger partial charge in [0, 0.05) is 0 Å². The highest BCUT2D eigenvalue weighted by Gasteiger charge is 2.04. The first-order chi connectivity index (χ1) is 6.70. The molecule has 74 valence electrons. The fraction of sp³-hybridized carbons (Fsp3) is 0. The first kappa shape index (κ1) is 10.3. The molecule has 0 saturated heterocycles. The van der Waals surface area contributed by atoms with Crippen molar-refractivity contribution in [3.8, 4) is 0 Å². The Balaban J connectivity index is 2.40. The Bertz CT molecular complexity index is 330. The first-order valence-corrected chi connectivity index (χ1v) is 4.30. The maximum Gasteiger partial charge on any atom is 0.323 e. The van der Waals surface area contributed by atoms with Crippen LogP contribution in [0, 0.1) is 0 Å². The molecule has 0 radical (unpaired) electrons. The third-order valence-corrected chi connectivity index (χ3v) is 1.73. The van der Waals surface area contributed by atoms with Gasteiger partial charge >= 0.3 is 6.03 Å². The lowest BCUT2D eigenvalue weighted by molar-refractivity contribution is 0.0984. The lowest BCUT2D eigenvalue weighted by atomic mass is 10.3. The number of hydrogen-bond donors (Lipinski definition) is 3. The van der Waals surface area contributed by atoms with E-state index in [0.717, 1.165) is 0 Å². The molecule has 0 aliphatic rings. The summed E-state index contributed by atoms with van der Waals surface area (Å²) in [5, 5.41) is 7.03. The third-order valence-electron chi connectivity index (χ3n) is 1.14. The highest BCUT2D eigenvalue weighted by atomic mass is 32.2. The quantitative estimate of drug-likeness (QED) is 0.583. The van der Waals surface area contributed by atoms with E-state index in [-0.39, 0.29) is 0 Å². The Morgan fingerprint density at radius 3 is 2.71 bits per heavy atom. The van der Waals surface area contributed by atoms with E-state index in [9.17, 15) is 9.59 Å². The summed E-state index contributed by atoms with van der Waals surface area (Å²) in [7, 11) is 0. The number of carbonyl (C=O) groups excluding carboxylic acids is 2. The van der Waals surface area contributed by atoms with Crippen LogP contribution in [-0.2, 0) is 0 Å². The molecule has 0 saturated carbocycles. The number of rotatable bonds is 3. The van der Waals surface area contributed by atoms with Gasteiger partial charge in [-0.15, -0.1) is 0 Å². The van der Waals surface area contributed by atoms with E-state index in [1.807, 2.05) is 0 Å². The van der Waals surface area contributed by atoms with E-state index in [1.165, 1.54) is 18.5 Å². The van der Waals surface area contributed by atoms with Crippen molar-refractivity contribution in [2.75, 3.05) is 0 Å². The second-order valence-corrected chi connectivity index (χ2v) is 2.74. The van der Waals surface area contributed by atoms with E-state index >= 15 is 0 Å². The van der Waals surface area contributed by atoms with Crippen LogP contribution in [0.2, 0.25) is 0 Å². The molecular weight excluding hydrogens is 206 g/mol. The predicted molar refractivity (Wildman–Crippen MR) is 49.8 cm³/mol. The molecule has 0 aliphatic heterocycles. The molecule has 7 nitrogen and oxygen atoms in total. The molecule has 0 fully saturated rings. The maximum atomic E-state index is 11.2. The van der Waals surface area contributed by atoms with Crippen molar-refractivity contribution in [1.82, 2.24) is 19.6 Å². The van der Waals surface area contributed by atoms with Gasteiger partial charge in [-0.25, -0.2) is 4.79 Å². The minimum absolute atomic E-state index is 0.346. The molecule has 1 rings (SSSR count). The minimum atomic E-state index is -0.733. The lowest BCUT2D eigenvalue weighted by Gasteiger charge is -2.02. The van der Waals surface area contributed by atoms with Gasteiger partial charge in [0.05, 0.1) is 30.1 Å². The van der Waals surface area contributed by atoms with E-state index in [0.29, 0.717) is 17.7 Å². The Kier molecular flexibility index (Phi) is 3.68. The molecule has 0 aromatic carbocycles. The molecule has 4 N–H and O–H groups in total.